The van der Waals surface area contributed by atoms with Crippen molar-refractivity contribution in [2.24, 2.45) is 0 Å². The first kappa shape index (κ1) is 22.3. The number of phenols is 1. The smallest absolute Gasteiger partial charge is 0.306 e. The number of ether oxygens (including phenoxy) is 2. The number of hydrogen-bond donors (Lipinski definition) is 2. The number of carbonyl (C=O) groups excluding carboxylic acids is 3. The zero-order chi connectivity index (χ0) is 22.2. The molecule has 1 aliphatic rings. The molecule has 0 bridgehead atoms. The fraction of sp³-hybridized carbons (Fsp3) is 0.375. The van der Waals surface area contributed by atoms with Crippen LogP contribution in [0.25, 0.3) is 0 Å². The highest BCUT2D eigenvalue weighted by Crippen LogP contribution is 2.29. The van der Waals surface area contributed by atoms with Gasteiger partial charge in [-0.25, -0.2) is 0 Å². The van der Waals surface area contributed by atoms with E-state index in [9.17, 15) is 19.5 Å². The van der Waals surface area contributed by atoms with Gasteiger partial charge in [-0.1, -0.05) is 24.3 Å². The first-order valence-electron chi connectivity index (χ1n) is 10.5. The Hall–Kier alpha value is -3.35. The maximum absolute atomic E-state index is 12.3. The molecule has 7 heteroatoms. The number of rotatable bonds is 9. The van der Waals surface area contributed by atoms with Crippen molar-refractivity contribution in [2.75, 3.05) is 13.2 Å². The van der Waals surface area contributed by atoms with Crippen molar-refractivity contribution in [3.8, 4) is 11.5 Å². The normalized spacial score (nSPS) is 14.9. The lowest BCUT2D eigenvalue weighted by molar-refractivity contribution is -0.148. The Bertz CT molecular complexity index is 955. The van der Waals surface area contributed by atoms with Crippen molar-refractivity contribution >= 4 is 17.7 Å². The van der Waals surface area contributed by atoms with Gasteiger partial charge >= 0.3 is 5.97 Å². The summed E-state index contributed by atoms with van der Waals surface area (Å²) in [5.74, 6) is -1.08. The van der Waals surface area contributed by atoms with Gasteiger partial charge in [0, 0.05) is 12.0 Å². The molecule has 0 heterocycles. The molecule has 0 aromatic heterocycles. The minimum Gasteiger partial charge on any atom is -0.504 e. The first-order valence-corrected chi connectivity index (χ1v) is 10.5. The number of benzene rings is 2. The van der Waals surface area contributed by atoms with Crippen LogP contribution in [0.1, 0.15) is 60.1 Å². The van der Waals surface area contributed by atoms with Gasteiger partial charge in [0.15, 0.2) is 23.9 Å². The van der Waals surface area contributed by atoms with E-state index in [1.807, 2.05) is 18.2 Å². The van der Waals surface area contributed by atoms with Gasteiger partial charge in [0.05, 0.1) is 19.1 Å². The molecule has 0 saturated carbocycles. The second-order valence-corrected chi connectivity index (χ2v) is 7.41. The SMILES string of the molecule is CCOc1cc(C(=O)CCC(=O)OCC(=O)N[C@H]2CCCc3ccccc32)ccc1O. The second kappa shape index (κ2) is 10.6. The summed E-state index contributed by atoms with van der Waals surface area (Å²) in [5.41, 5.74) is 2.68. The average molecular weight is 425 g/mol. The summed E-state index contributed by atoms with van der Waals surface area (Å²) < 4.78 is 10.3. The summed E-state index contributed by atoms with van der Waals surface area (Å²) in [6.45, 7) is 1.75. The largest absolute Gasteiger partial charge is 0.504 e. The van der Waals surface area contributed by atoms with Gasteiger partial charge in [-0.2, -0.15) is 0 Å². The highest BCUT2D eigenvalue weighted by atomic mass is 16.5. The van der Waals surface area contributed by atoms with Gasteiger partial charge in [-0.3, -0.25) is 14.4 Å². The summed E-state index contributed by atoms with van der Waals surface area (Å²) in [4.78, 5) is 36.5. The fourth-order valence-electron chi connectivity index (χ4n) is 3.68. The number of hydrogen-bond acceptors (Lipinski definition) is 6. The molecule has 164 valence electrons. The minimum atomic E-state index is -0.614. The number of amides is 1. The van der Waals surface area contributed by atoms with Crippen molar-refractivity contribution in [3.63, 3.8) is 0 Å². The van der Waals surface area contributed by atoms with E-state index in [1.165, 1.54) is 23.8 Å². The summed E-state index contributed by atoms with van der Waals surface area (Å²) in [6, 6.07) is 12.2. The zero-order valence-corrected chi connectivity index (χ0v) is 17.6. The minimum absolute atomic E-state index is 0.0515. The van der Waals surface area contributed by atoms with Gasteiger partial charge < -0.3 is 19.9 Å². The number of fused-ring (bicyclic) bond motifs is 1. The van der Waals surface area contributed by atoms with Crippen LogP contribution in [-0.2, 0) is 20.7 Å². The molecular weight excluding hydrogens is 398 g/mol. The average Bonchev–Trinajstić information content (AvgIpc) is 2.78. The van der Waals surface area contributed by atoms with Crippen LogP contribution in [0.15, 0.2) is 42.5 Å². The van der Waals surface area contributed by atoms with Crippen molar-refractivity contribution in [1.29, 1.82) is 0 Å². The van der Waals surface area contributed by atoms with Crippen LogP contribution in [0.2, 0.25) is 0 Å². The summed E-state index contributed by atoms with van der Waals surface area (Å²) in [6.07, 6.45) is 2.64. The van der Waals surface area contributed by atoms with Crippen LogP contribution < -0.4 is 10.1 Å². The van der Waals surface area contributed by atoms with E-state index in [2.05, 4.69) is 11.4 Å². The Morgan fingerprint density at radius 3 is 2.74 bits per heavy atom. The lowest BCUT2D eigenvalue weighted by Crippen LogP contribution is -2.34. The molecule has 1 amide bonds. The molecule has 0 fully saturated rings. The van der Waals surface area contributed by atoms with Gasteiger partial charge in [0.2, 0.25) is 0 Å². The van der Waals surface area contributed by atoms with Crippen LogP contribution in [0.4, 0.5) is 0 Å². The maximum atomic E-state index is 12.3. The Morgan fingerprint density at radius 1 is 1.13 bits per heavy atom. The molecule has 1 aliphatic carbocycles. The molecule has 2 N–H and O–H groups in total. The molecule has 1 atom stereocenters. The fourth-order valence-corrected chi connectivity index (χ4v) is 3.68. The molecule has 0 aliphatic heterocycles. The van der Waals surface area contributed by atoms with E-state index >= 15 is 0 Å². The Morgan fingerprint density at radius 2 is 1.94 bits per heavy atom. The predicted octanol–water partition coefficient (Wildman–Crippen LogP) is 3.49. The number of Topliss-reactive ketones (excluding diaryl/α,β-unsaturated/α-hetero) is 1. The predicted molar refractivity (Wildman–Crippen MR) is 114 cm³/mol. The van der Waals surface area contributed by atoms with Gasteiger partial charge in [0.25, 0.3) is 5.91 Å². The number of carbonyl (C=O) groups is 3. The number of ketones is 1. The summed E-state index contributed by atoms with van der Waals surface area (Å²) in [7, 11) is 0. The first-order chi connectivity index (χ1) is 15.0. The summed E-state index contributed by atoms with van der Waals surface area (Å²) >= 11 is 0. The molecule has 0 radical (unpaired) electrons. The van der Waals surface area contributed by atoms with Gasteiger partial charge in [-0.05, 0) is 55.5 Å². The van der Waals surface area contributed by atoms with Gasteiger partial charge in [-0.15, -0.1) is 0 Å². The molecule has 2 aromatic rings. The topological polar surface area (TPSA) is 102 Å². The van der Waals surface area contributed by atoms with Crippen molar-refractivity contribution in [2.45, 2.75) is 45.1 Å². The van der Waals surface area contributed by atoms with Crippen molar-refractivity contribution < 1.29 is 29.0 Å². The zero-order valence-electron chi connectivity index (χ0n) is 17.6. The molecular formula is C24H27NO6. The van der Waals surface area contributed by atoms with Crippen LogP contribution in [0.5, 0.6) is 11.5 Å². The summed E-state index contributed by atoms with van der Waals surface area (Å²) in [5, 5.41) is 12.6. The second-order valence-electron chi connectivity index (χ2n) is 7.41. The van der Waals surface area contributed by atoms with Crippen molar-refractivity contribution in [1.82, 2.24) is 5.32 Å². The monoisotopic (exact) mass is 425 g/mol. The van der Waals surface area contributed by atoms with E-state index in [-0.39, 0.29) is 48.7 Å². The Labute approximate surface area is 181 Å². The number of nitrogens with one attached hydrogen (secondary N) is 1. The Kier molecular flexibility index (Phi) is 7.65. The quantitative estimate of drug-likeness (QED) is 0.471. The van der Waals surface area contributed by atoms with Crippen LogP contribution in [0, 0.1) is 0 Å². The number of phenolic OH excluding ortho intramolecular Hbond substituents is 1. The third-order valence-corrected chi connectivity index (χ3v) is 5.21. The van der Waals surface area contributed by atoms with E-state index in [1.54, 1.807) is 6.92 Å². The van der Waals surface area contributed by atoms with E-state index < -0.39 is 5.97 Å². The number of esters is 1. The molecule has 0 spiro atoms. The lowest BCUT2D eigenvalue weighted by atomic mass is 9.88. The van der Waals surface area contributed by atoms with Crippen molar-refractivity contribution in [3.05, 3.63) is 59.2 Å². The third kappa shape index (κ3) is 6.07. The van der Waals surface area contributed by atoms with E-state index in [0.29, 0.717) is 12.2 Å². The van der Waals surface area contributed by atoms with E-state index in [4.69, 9.17) is 9.47 Å². The molecule has 7 nitrogen and oxygen atoms in total. The van der Waals surface area contributed by atoms with Crippen LogP contribution in [0.3, 0.4) is 0 Å². The third-order valence-electron chi connectivity index (χ3n) is 5.21. The van der Waals surface area contributed by atoms with Crippen LogP contribution >= 0.6 is 0 Å². The van der Waals surface area contributed by atoms with Gasteiger partial charge in [0.1, 0.15) is 0 Å². The highest BCUT2D eigenvalue weighted by molar-refractivity contribution is 5.98. The highest BCUT2D eigenvalue weighted by Gasteiger charge is 2.22. The standard InChI is InChI=1S/C24H27NO6/c1-2-30-22-14-17(10-11-21(22)27)20(26)12-13-24(29)31-15-23(28)25-19-9-5-7-16-6-3-4-8-18(16)19/h3-4,6,8,10-11,14,19,27H,2,5,7,9,12-13,15H2,1H3,(H,25,28)/t19-/m0/s1. The molecule has 3 rings (SSSR count). The number of aryl methyl sites for hydroxylation is 1. The Balaban J connectivity index is 1.44. The molecule has 31 heavy (non-hydrogen) atoms. The maximum Gasteiger partial charge on any atom is 0.306 e. The molecule has 0 saturated heterocycles. The van der Waals surface area contributed by atoms with E-state index in [0.717, 1.165) is 24.8 Å². The van der Waals surface area contributed by atoms with Crippen LogP contribution in [-0.4, -0.2) is 36.0 Å². The lowest BCUT2D eigenvalue weighted by Gasteiger charge is -2.26. The molecule has 0 unspecified atom stereocenters. The molecule has 2 aromatic carbocycles. The number of aromatic hydroxyl groups is 1.